The minimum absolute atomic E-state index is 0.569. The first-order chi connectivity index (χ1) is 24.8. The fourth-order valence-corrected chi connectivity index (χ4v) is 8.19. The highest BCUT2D eigenvalue weighted by Crippen LogP contribution is 2.42. The van der Waals surface area contributed by atoms with Gasteiger partial charge in [0.2, 0.25) is 0 Å². The summed E-state index contributed by atoms with van der Waals surface area (Å²) in [7, 11) is 0. The van der Waals surface area contributed by atoms with Crippen molar-refractivity contribution in [1.29, 1.82) is 0 Å². The molecule has 4 aromatic heterocycles. The molecule has 4 heterocycles. The van der Waals surface area contributed by atoms with Crippen LogP contribution in [0.3, 0.4) is 0 Å². The van der Waals surface area contributed by atoms with Gasteiger partial charge in [0.15, 0.2) is 17.5 Å². The Balaban J connectivity index is 1.20. The van der Waals surface area contributed by atoms with Crippen molar-refractivity contribution < 1.29 is 0 Å². The summed E-state index contributed by atoms with van der Waals surface area (Å²) in [6.45, 7) is 0. The fraction of sp³-hybridized carbons (Fsp3) is 0. The molecule has 50 heavy (non-hydrogen) atoms. The molecule has 0 saturated heterocycles. The van der Waals surface area contributed by atoms with E-state index >= 15 is 0 Å². The molecule has 10 rings (SSSR count). The summed E-state index contributed by atoms with van der Waals surface area (Å²) in [6, 6.07) is 54.8. The molecular weight excluding hydrogens is 631 g/mol. The van der Waals surface area contributed by atoms with Gasteiger partial charge in [0.25, 0.3) is 0 Å². The topological polar surface area (TPSA) is 56.5 Å². The lowest BCUT2D eigenvalue weighted by Crippen LogP contribution is -2.05. The van der Waals surface area contributed by atoms with Crippen molar-refractivity contribution in [3.63, 3.8) is 0 Å². The second-order valence-corrected chi connectivity index (χ2v) is 13.4. The van der Waals surface area contributed by atoms with E-state index in [4.69, 9.17) is 19.9 Å². The number of para-hydroxylation sites is 1. The average molecular weight is 658 g/mol. The first kappa shape index (κ1) is 28.5. The molecule has 10 aromatic rings. The molecule has 5 nitrogen and oxygen atoms in total. The van der Waals surface area contributed by atoms with E-state index in [0.717, 1.165) is 44.3 Å². The molecule has 0 atom stereocenters. The summed E-state index contributed by atoms with van der Waals surface area (Å²) >= 11 is 1.85. The lowest BCUT2D eigenvalue weighted by atomic mass is 9.98. The zero-order valence-electron chi connectivity index (χ0n) is 26.7. The highest BCUT2D eigenvalue weighted by Gasteiger charge is 2.21. The van der Waals surface area contributed by atoms with E-state index in [1.54, 1.807) is 0 Å². The first-order valence-electron chi connectivity index (χ1n) is 16.6. The molecular formula is C44H27N5S. The number of thiophene rings is 1. The van der Waals surface area contributed by atoms with Crippen LogP contribution in [0.25, 0.3) is 93.1 Å². The third kappa shape index (κ3) is 4.61. The second-order valence-electron chi connectivity index (χ2n) is 12.3. The number of benzene rings is 6. The van der Waals surface area contributed by atoms with Gasteiger partial charge in [-0.3, -0.25) is 4.57 Å². The number of aromatic nitrogens is 5. The number of nitrogens with zero attached hydrogens (tertiary/aromatic N) is 5. The molecule has 0 amide bonds. The van der Waals surface area contributed by atoms with Gasteiger partial charge in [-0.2, -0.15) is 0 Å². The van der Waals surface area contributed by atoms with Crippen molar-refractivity contribution in [2.75, 3.05) is 0 Å². The number of fused-ring (bicyclic) bond motifs is 6. The Bertz CT molecular complexity index is 2820. The van der Waals surface area contributed by atoms with Crippen molar-refractivity contribution in [3.8, 4) is 51.1 Å². The highest BCUT2D eigenvalue weighted by atomic mass is 32.1. The van der Waals surface area contributed by atoms with E-state index in [1.165, 1.54) is 31.3 Å². The van der Waals surface area contributed by atoms with E-state index in [0.29, 0.717) is 17.5 Å². The molecule has 234 valence electrons. The zero-order valence-corrected chi connectivity index (χ0v) is 27.5. The maximum atomic E-state index is 5.06. The Morgan fingerprint density at radius 1 is 0.420 bits per heavy atom. The third-order valence-electron chi connectivity index (χ3n) is 9.32. The molecule has 0 N–H and O–H groups in total. The van der Waals surface area contributed by atoms with Gasteiger partial charge >= 0.3 is 0 Å². The predicted molar refractivity (Wildman–Crippen MR) is 207 cm³/mol. The summed E-state index contributed by atoms with van der Waals surface area (Å²) in [5, 5.41) is 4.93. The monoisotopic (exact) mass is 657 g/mol. The molecule has 0 unspecified atom stereocenters. The summed E-state index contributed by atoms with van der Waals surface area (Å²) < 4.78 is 4.85. The predicted octanol–water partition coefficient (Wildman–Crippen LogP) is 11.4. The van der Waals surface area contributed by atoms with Gasteiger partial charge in [-0.25, -0.2) is 19.9 Å². The Kier molecular flexibility index (Phi) is 6.60. The van der Waals surface area contributed by atoms with Crippen LogP contribution >= 0.6 is 11.3 Å². The second kappa shape index (κ2) is 11.6. The zero-order chi connectivity index (χ0) is 33.0. The van der Waals surface area contributed by atoms with Gasteiger partial charge in [0.1, 0.15) is 5.82 Å². The van der Waals surface area contributed by atoms with E-state index in [2.05, 4.69) is 95.6 Å². The average Bonchev–Trinajstić information content (AvgIpc) is 3.74. The van der Waals surface area contributed by atoms with Crippen LogP contribution in [-0.4, -0.2) is 24.5 Å². The molecule has 0 fully saturated rings. The minimum Gasteiger partial charge on any atom is -0.293 e. The van der Waals surface area contributed by atoms with Crippen LogP contribution in [0.1, 0.15) is 0 Å². The molecule has 0 radical (unpaired) electrons. The molecule has 0 bridgehead atoms. The van der Waals surface area contributed by atoms with Crippen molar-refractivity contribution in [2.45, 2.75) is 0 Å². The van der Waals surface area contributed by atoms with E-state index < -0.39 is 0 Å². The van der Waals surface area contributed by atoms with Gasteiger partial charge < -0.3 is 0 Å². The van der Waals surface area contributed by atoms with Crippen molar-refractivity contribution in [1.82, 2.24) is 24.5 Å². The third-order valence-corrected chi connectivity index (χ3v) is 10.5. The number of pyridine rings is 1. The Morgan fingerprint density at radius 2 is 1.04 bits per heavy atom. The standard InChI is InChI=1S/C44H27N5S/c1-3-13-28(14-4-1)41-46-42(29-15-5-2-6-16-29)48-43(47-41)34-20-12-26-45-44(34)49-36-21-9-7-17-32(36)35-27-30(24-25-37(35)49)31-19-11-23-39-40(31)33-18-8-10-22-38(33)50-39/h1-27H. The largest absolute Gasteiger partial charge is 0.293 e. The van der Waals surface area contributed by atoms with Crippen LogP contribution in [0.4, 0.5) is 0 Å². The van der Waals surface area contributed by atoms with Crippen LogP contribution in [0.2, 0.25) is 0 Å². The highest BCUT2D eigenvalue weighted by molar-refractivity contribution is 7.25. The van der Waals surface area contributed by atoms with Crippen LogP contribution in [-0.2, 0) is 0 Å². The molecule has 0 aliphatic carbocycles. The Morgan fingerprint density at radius 3 is 1.82 bits per heavy atom. The van der Waals surface area contributed by atoms with E-state index in [9.17, 15) is 0 Å². The lowest BCUT2D eigenvalue weighted by molar-refractivity contribution is 1.04. The van der Waals surface area contributed by atoms with Gasteiger partial charge in [0, 0.05) is 48.3 Å². The van der Waals surface area contributed by atoms with E-state index in [1.807, 2.05) is 84.3 Å². The summed E-state index contributed by atoms with van der Waals surface area (Å²) in [5.74, 6) is 2.57. The lowest BCUT2D eigenvalue weighted by Gasteiger charge is -2.13. The number of rotatable bonds is 5. The minimum atomic E-state index is 0.569. The molecule has 6 heteroatoms. The Labute approximate surface area is 291 Å². The smallest absolute Gasteiger partial charge is 0.167 e. The SMILES string of the molecule is c1ccc(-c2nc(-c3ccccc3)nc(-c3cccnc3-n3c4ccccc4c4cc(-c5cccc6sc7ccccc7c56)ccc43)n2)cc1. The van der Waals surface area contributed by atoms with Gasteiger partial charge in [-0.15, -0.1) is 11.3 Å². The summed E-state index contributed by atoms with van der Waals surface area (Å²) in [6.07, 6.45) is 1.84. The normalized spacial score (nSPS) is 11.6. The first-order valence-corrected chi connectivity index (χ1v) is 17.4. The van der Waals surface area contributed by atoms with Crippen LogP contribution in [0.15, 0.2) is 164 Å². The molecule has 0 spiro atoms. The number of hydrogen-bond donors (Lipinski definition) is 0. The molecule has 0 aliphatic rings. The van der Waals surface area contributed by atoms with Crippen LogP contribution in [0, 0.1) is 0 Å². The van der Waals surface area contributed by atoms with Crippen LogP contribution in [0.5, 0.6) is 0 Å². The molecule has 0 saturated carbocycles. The summed E-state index contributed by atoms with van der Waals surface area (Å²) in [5.41, 5.74) is 7.24. The summed E-state index contributed by atoms with van der Waals surface area (Å²) in [4.78, 5) is 20.0. The van der Waals surface area contributed by atoms with Crippen molar-refractivity contribution in [3.05, 3.63) is 164 Å². The van der Waals surface area contributed by atoms with Crippen LogP contribution < -0.4 is 0 Å². The van der Waals surface area contributed by atoms with E-state index in [-0.39, 0.29) is 0 Å². The number of hydrogen-bond acceptors (Lipinski definition) is 5. The Hall–Kier alpha value is -6.50. The maximum Gasteiger partial charge on any atom is 0.167 e. The van der Waals surface area contributed by atoms with Gasteiger partial charge in [-0.1, -0.05) is 115 Å². The van der Waals surface area contributed by atoms with Crippen molar-refractivity contribution in [2.24, 2.45) is 0 Å². The van der Waals surface area contributed by atoms with Gasteiger partial charge in [0.05, 0.1) is 16.6 Å². The molecule has 0 aliphatic heterocycles. The van der Waals surface area contributed by atoms with Gasteiger partial charge in [-0.05, 0) is 53.6 Å². The fourth-order valence-electron chi connectivity index (χ4n) is 7.06. The molecule has 6 aromatic carbocycles. The van der Waals surface area contributed by atoms with Crippen molar-refractivity contribution >= 4 is 53.3 Å². The maximum absolute atomic E-state index is 5.06. The quantitative estimate of drug-likeness (QED) is 0.185.